The van der Waals surface area contributed by atoms with E-state index < -0.39 is 23.5 Å². The normalized spacial score (nSPS) is 16.2. The van der Waals surface area contributed by atoms with Gasteiger partial charge in [-0.15, -0.1) is 0 Å². The smallest absolute Gasteiger partial charge is 0.253 e. The van der Waals surface area contributed by atoms with Crippen molar-refractivity contribution >= 4 is 29.1 Å². The fraction of sp³-hybridized carbons (Fsp3) is 0.286. The Balaban J connectivity index is 1.66. The lowest BCUT2D eigenvalue weighted by Gasteiger charge is -2.32. The van der Waals surface area contributed by atoms with Crippen LogP contribution in [0.4, 0.5) is 20.2 Å². The molecule has 1 aliphatic rings. The van der Waals surface area contributed by atoms with E-state index in [9.17, 15) is 23.2 Å². The highest BCUT2D eigenvalue weighted by Gasteiger charge is 2.29. The number of benzene rings is 2. The van der Waals surface area contributed by atoms with Gasteiger partial charge in [0.15, 0.2) is 0 Å². The molecule has 2 aromatic rings. The number of anilines is 2. The Kier molecular flexibility index (Phi) is 6.21. The molecule has 1 saturated heterocycles. The Bertz CT molecular complexity index is 931. The van der Waals surface area contributed by atoms with Gasteiger partial charge in [-0.3, -0.25) is 14.4 Å². The second kappa shape index (κ2) is 8.81. The molecule has 29 heavy (non-hydrogen) atoms. The van der Waals surface area contributed by atoms with Gasteiger partial charge in [-0.2, -0.15) is 0 Å². The number of halogens is 2. The molecule has 6 nitrogen and oxygen atoms in total. The number of carbonyl (C=O) groups is 3. The summed E-state index contributed by atoms with van der Waals surface area (Å²) in [5.74, 6) is -2.42. The second-order valence-electron chi connectivity index (χ2n) is 6.96. The van der Waals surface area contributed by atoms with Crippen LogP contribution in [0, 0.1) is 17.6 Å². The quantitative estimate of drug-likeness (QED) is 0.824. The van der Waals surface area contributed by atoms with Crippen LogP contribution in [0.5, 0.6) is 0 Å². The molecule has 1 atom stereocenters. The number of amides is 3. The SMILES string of the molecule is CC(=O)Nc1cc(NC(=O)C2CCCN(C(=O)c3ccc(F)cc3)C2)ccc1F. The summed E-state index contributed by atoms with van der Waals surface area (Å²) in [5.41, 5.74) is 0.695. The van der Waals surface area contributed by atoms with Crippen LogP contribution in [0.25, 0.3) is 0 Å². The summed E-state index contributed by atoms with van der Waals surface area (Å²) in [5, 5.41) is 5.08. The van der Waals surface area contributed by atoms with Crippen molar-refractivity contribution in [1.29, 1.82) is 0 Å². The largest absolute Gasteiger partial charge is 0.338 e. The van der Waals surface area contributed by atoms with E-state index in [1.54, 1.807) is 4.90 Å². The number of likely N-dealkylation sites (tertiary alicyclic amines) is 1. The van der Waals surface area contributed by atoms with Crippen LogP contribution in [0.3, 0.4) is 0 Å². The van der Waals surface area contributed by atoms with Crippen molar-refractivity contribution in [3.8, 4) is 0 Å². The van der Waals surface area contributed by atoms with E-state index in [2.05, 4.69) is 10.6 Å². The number of hydrogen-bond donors (Lipinski definition) is 2. The minimum Gasteiger partial charge on any atom is -0.338 e. The Labute approximate surface area is 166 Å². The minimum absolute atomic E-state index is 0.0212. The Morgan fingerprint density at radius 3 is 2.45 bits per heavy atom. The zero-order valence-corrected chi connectivity index (χ0v) is 15.9. The molecular weight excluding hydrogens is 380 g/mol. The standard InChI is InChI=1S/C21H21F2N3O3/c1-13(27)24-19-11-17(8-9-18(19)23)25-20(28)15-3-2-10-26(12-15)21(29)14-4-6-16(22)7-5-14/h4-9,11,15H,2-3,10,12H2,1H3,(H,24,27)(H,25,28). The molecular formula is C21H21F2N3O3. The summed E-state index contributed by atoms with van der Waals surface area (Å²) in [4.78, 5) is 38.0. The summed E-state index contributed by atoms with van der Waals surface area (Å²) >= 11 is 0. The van der Waals surface area contributed by atoms with E-state index in [1.165, 1.54) is 43.3 Å². The van der Waals surface area contributed by atoms with E-state index in [1.807, 2.05) is 0 Å². The highest BCUT2D eigenvalue weighted by molar-refractivity contribution is 5.97. The number of piperidine rings is 1. The van der Waals surface area contributed by atoms with Gasteiger partial charge in [0.05, 0.1) is 11.6 Å². The van der Waals surface area contributed by atoms with E-state index in [4.69, 9.17) is 0 Å². The van der Waals surface area contributed by atoms with Crippen LogP contribution in [0.1, 0.15) is 30.1 Å². The molecule has 8 heteroatoms. The third-order valence-electron chi connectivity index (χ3n) is 4.72. The average molecular weight is 401 g/mol. The van der Waals surface area contributed by atoms with Crippen LogP contribution in [-0.4, -0.2) is 35.7 Å². The van der Waals surface area contributed by atoms with Crippen LogP contribution in [0.15, 0.2) is 42.5 Å². The highest BCUT2D eigenvalue weighted by atomic mass is 19.1. The molecule has 2 N–H and O–H groups in total. The average Bonchev–Trinajstić information content (AvgIpc) is 2.70. The topological polar surface area (TPSA) is 78.5 Å². The van der Waals surface area contributed by atoms with E-state index in [0.717, 1.165) is 6.07 Å². The number of nitrogens with one attached hydrogen (secondary N) is 2. The van der Waals surface area contributed by atoms with Crippen LogP contribution in [0.2, 0.25) is 0 Å². The van der Waals surface area contributed by atoms with Gasteiger partial charge < -0.3 is 15.5 Å². The van der Waals surface area contributed by atoms with Crippen molar-refractivity contribution in [3.05, 3.63) is 59.7 Å². The lowest BCUT2D eigenvalue weighted by molar-refractivity contribution is -0.121. The summed E-state index contributed by atoms with van der Waals surface area (Å²) in [6.45, 7) is 2.02. The number of nitrogens with zero attached hydrogens (tertiary/aromatic N) is 1. The van der Waals surface area contributed by atoms with Crippen LogP contribution in [-0.2, 0) is 9.59 Å². The number of carbonyl (C=O) groups excluding carboxylic acids is 3. The Morgan fingerprint density at radius 1 is 1.03 bits per heavy atom. The zero-order valence-electron chi connectivity index (χ0n) is 15.9. The number of rotatable bonds is 4. The molecule has 0 radical (unpaired) electrons. The first kappa shape index (κ1) is 20.4. The van der Waals surface area contributed by atoms with Gasteiger partial charge in [-0.05, 0) is 55.3 Å². The zero-order chi connectivity index (χ0) is 21.0. The van der Waals surface area contributed by atoms with Gasteiger partial charge in [0.2, 0.25) is 11.8 Å². The van der Waals surface area contributed by atoms with Gasteiger partial charge in [0, 0.05) is 31.3 Å². The van der Waals surface area contributed by atoms with Gasteiger partial charge >= 0.3 is 0 Å². The van der Waals surface area contributed by atoms with Gasteiger partial charge in [-0.25, -0.2) is 8.78 Å². The van der Waals surface area contributed by atoms with Crippen LogP contribution >= 0.6 is 0 Å². The van der Waals surface area contributed by atoms with Crippen LogP contribution < -0.4 is 10.6 Å². The molecule has 0 aliphatic carbocycles. The molecule has 3 rings (SSSR count). The fourth-order valence-electron chi connectivity index (χ4n) is 3.28. The molecule has 1 aliphatic heterocycles. The van der Waals surface area contributed by atoms with Gasteiger partial charge in [0.1, 0.15) is 11.6 Å². The van der Waals surface area contributed by atoms with Crippen molar-refractivity contribution in [2.45, 2.75) is 19.8 Å². The van der Waals surface area contributed by atoms with Crippen molar-refractivity contribution in [2.24, 2.45) is 5.92 Å². The highest BCUT2D eigenvalue weighted by Crippen LogP contribution is 2.23. The maximum absolute atomic E-state index is 13.8. The van der Waals surface area contributed by atoms with Crippen molar-refractivity contribution in [3.63, 3.8) is 0 Å². The lowest BCUT2D eigenvalue weighted by atomic mass is 9.96. The summed E-state index contributed by atoms with van der Waals surface area (Å²) in [7, 11) is 0. The van der Waals surface area contributed by atoms with E-state index in [-0.39, 0.29) is 24.0 Å². The lowest BCUT2D eigenvalue weighted by Crippen LogP contribution is -2.43. The first-order chi connectivity index (χ1) is 13.8. The first-order valence-corrected chi connectivity index (χ1v) is 9.26. The fourth-order valence-corrected chi connectivity index (χ4v) is 3.28. The molecule has 3 amide bonds. The third-order valence-corrected chi connectivity index (χ3v) is 4.72. The second-order valence-corrected chi connectivity index (χ2v) is 6.96. The number of hydrogen-bond acceptors (Lipinski definition) is 3. The molecule has 0 aromatic heterocycles. The Hall–Kier alpha value is -3.29. The molecule has 1 heterocycles. The maximum atomic E-state index is 13.8. The van der Waals surface area contributed by atoms with E-state index in [0.29, 0.717) is 30.6 Å². The van der Waals surface area contributed by atoms with Crippen molar-refractivity contribution < 1.29 is 23.2 Å². The first-order valence-electron chi connectivity index (χ1n) is 9.26. The molecule has 152 valence electrons. The molecule has 1 unspecified atom stereocenters. The molecule has 2 aromatic carbocycles. The predicted octanol–water partition coefficient (Wildman–Crippen LogP) is 3.41. The minimum atomic E-state index is -0.605. The maximum Gasteiger partial charge on any atom is 0.253 e. The summed E-state index contributed by atoms with van der Waals surface area (Å²) in [6, 6.07) is 9.20. The third kappa shape index (κ3) is 5.16. The molecule has 0 saturated carbocycles. The van der Waals surface area contributed by atoms with Crippen molar-refractivity contribution in [1.82, 2.24) is 4.90 Å². The van der Waals surface area contributed by atoms with Gasteiger partial charge in [0.25, 0.3) is 5.91 Å². The Morgan fingerprint density at radius 2 is 1.76 bits per heavy atom. The summed E-state index contributed by atoms with van der Waals surface area (Å²) in [6.07, 6.45) is 1.27. The van der Waals surface area contributed by atoms with Gasteiger partial charge in [-0.1, -0.05) is 0 Å². The predicted molar refractivity (Wildman–Crippen MR) is 104 cm³/mol. The molecule has 0 spiro atoms. The monoisotopic (exact) mass is 401 g/mol. The summed E-state index contributed by atoms with van der Waals surface area (Å²) < 4.78 is 26.8. The van der Waals surface area contributed by atoms with Crippen molar-refractivity contribution in [2.75, 3.05) is 23.7 Å². The molecule has 0 bridgehead atoms. The molecule has 1 fully saturated rings. The van der Waals surface area contributed by atoms with E-state index >= 15 is 0 Å².